The van der Waals surface area contributed by atoms with Gasteiger partial charge < -0.3 is 10.2 Å². The van der Waals surface area contributed by atoms with E-state index in [1.807, 2.05) is 19.1 Å². The van der Waals surface area contributed by atoms with Gasteiger partial charge in [0.05, 0.1) is 12.0 Å². The smallest absolute Gasteiger partial charge is 0.243 e. The molecule has 2 rings (SSSR count). The molecular formula is C15H20N2O3S. The molecule has 1 heterocycles. The molecule has 1 atom stereocenters. The number of furan rings is 1. The van der Waals surface area contributed by atoms with E-state index in [0.29, 0.717) is 12.0 Å². The van der Waals surface area contributed by atoms with Crippen molar-refractivity contribution in [2.24, 2.45) is 0 Å². The van der Waals surface area contributed by atoms with Crippen LogP contribution in [-0.2, 0) is 16.4 Å². The summed E-state index contributed by atoms with van der Waals surface area (Å²) < 4.78 is 33.0. The first-order chi connectivity index (χ1) is 9.81. The van der Waals surface area contributed by atoms with Crippen LogP contribution >= 0.6 is 0 Å². The molecule has 21 heavy (non-hydrogen) atoms. The van der Waals surface area contributed by atoms with Crippen molar-refractivity contribution in [2.45, 2.75) is 38.1 Å². The highest BCUT2D eigenvalue weighted by Crippen LogP contribution is 2.25. The van der Waals surface area contributed by atoms with Crippen LogP contribution in [0.1, 0.15) is 23.8 Å². The molecule has 5 nitrogen and oxygen atoms in total. The van der Waals surface area contributed by atoms with Crippen molar-refractivity contribution < 1.29 is 12.8 Å². The quantitative estimate of drug-likeness (QED) is 0.831. The number of benzene rings is 1. The van der Waals surface area contributed by atoms with Gasteiger partial charge in [0, 0.05) is 12.5 Å². The summed E-state index contributed by atoms with van der Waals surface area (Å²) in [5, 5.41) is 0. The highest BCUT2D eigenvalue weighted by molar-refractivity contribution is 7.89. The number of nitrogen functional groups attached to an aromatic ring is 1. The molecule has 0 aliphatic carbocycles. The molecule has 0 spiro atoms. The third kappa shape index (κ3) is 3.46. The van der Waals surface area contributed by atoms with Crippen LogP contribution in [0.2, 0.25) is 0 Å². The first kappa shape index (κ1) is 15.6. The fraction of sp³-hybridized carbons (Fsp3) is 0.333. The summed E-state index contributed by atoms with van der Waals surface area (Å²) in [6.45, 7) is 5.42. The van der Waals surface area contributed by atoms with Crippen LogP contribution in [-0.4, -0.2) is 14.5 Å². The summed E-state index contributed by atoms with van der Waals surface area (Å²) in [4.78, 5) is 0.161. The van der Waals surface area contributed by atoms with Crippen molar-refractivity contribution in [3.05, 3.63) is 47.4 Å². The Morgan fingerprint density at radius 3 is 2.62 bits per heavy atom. The fourth-order valence-electron chi connectivity index (χ4n) is 2.26. The van der Waals surface area contributed by atoms with E-state index >= 15 is 0 Å². The van der Waals surface area contributed by atoms with E-state index in [1.165, 1.54) is 0 Å². The number of sulfonamides is 1. The number of nitrogens with two attached hydrogens (primary N) is 1. The van der Waals surface area contributed by atoms with Crippen LogP contribution in [0.3, 0.4) is 0 Å². The van der Waals surface area contributed by atoms with Crippen LogP contribution in [0, 0.1) is 13.8 Å². The zero-order valence-electron chi connectivity index (χ0n) is 12.4. The lowest BCUT2D eigenvalue weighted by Gasteiger charge is -2.17. The van der Waals surface area contributed by atoms with Gasteiger partial charge in [0.15, 0.2) is 0 Å². The predicted molar refractivity (Wildman–Crippen MR) is 82.5 cm³/mol. The van der Waals surface area contributed by atoms with Gasteiger partial charge in [0.25, 0.3) is 0 Å². The summed E-state index contributed by atoms with van der Waals surface area (Å²) >= 11 is 0. The van der Waals surface area contributed by atoms with Crippen LogP contribution in [0.25, 0.3) is 0 Å². The molecule has 2 aromatic rings. The van der Waals surface area contributed by atoms with Gasteiger partial charge >= 0.3 is 0 Å². The molecule has 0 radical (unpaired) electrons. The second kappa shape index (κ2) is 5.91. The van der Waals surface area contributed by atoms with Gasteiger partial charge in [-0.15, -0.1) is 0 Å². The van der Waals surface area contributed by atoms with E-state index < -0.39 is 10.0 Å². The van der Waals surface area contributed by atoms with Crippen molar-refractivity contribution in [3.63, 3.8) is 0 Å². The number of anilines is 1. The maximum absolute atomic E-state index is 12.5. The van der Waals surface area contributed by atoms with Gasteiger partial charge in [0.1, 0.15) is 10.7 Å². The van der Waals surface area contributed by atoms with Gasteiger partial charge in [-0.1, -0.05) is 6.07 Å². The average molecular weight is 308 g/mol. The second-order valence-electron chi connectivity index (χ2n) is 5.23. The predicted octanol–water partition coefficient (Wildman–Crippen LogP) is 2.39. The minimum absolute atomic E-state index is 0.161. The van der Waals surface area contributed by atoms with Gasteiger partial charge in [-0.2, -0.15) is 0 Å². The summed E-state index contributed by atoms with van der Waals surface area (Å²) in [5.41, 5.74) is 7.68. The van der Waals surface area contributed by atoms with E-state index in [2.05, 4.69) is 4.72 Å². The standard InChI is InChI=1S/C15H20N2O3S/c1-10-6-7-14(16)15(12(10)3)21(18,19)17-11(2)9-13-5-4-8-20-13/h4-8,11,17H,9,16H2,1-3H3. The highest BCUT2D eigenvalue weighted by Gasteiger charge is 2.23. The van der Waals surface area contributed by atoms with E-state index in [-0.39, 0.29) is 16.6 Å². The molecule has 0 saturated carbocycles. The molecule has 0 bridgehead atoms. The van der Waals surface area contributed by atoms with Gasteiger partial charge in [-0.25, -0.2) is 13.1 Å². The monoisotopic (exact) mass is 308 g/mol. The summed E-state index contributed by atoms with van der Waals surface area (Å²) in [7, 11) is -3.66. The lowest BCUT2D eigenvalue weighted by Crippen LogP contribution is -2.35. The number of hydrogen-bond donors (Lipinski definition) is 2. The zero-order chi connectivity index (χ0) is 15.6. The van der Waals surface area contributed by atoms with E-state index in [1.54, 1.807) is 32.2 Å². The third-order valence-corrected chi connectivity index (χ3v) is 5.21. The third-order valence-electron chi connectivity index (χ3n) is 3.42. The Morgan fingerprint density at radius 1 is 1.29 bits per heavy atom. The number of rotatable bonds is 5. The molecule has 0 amide bonds. The second-order valence-corrected chi connectivity index (χ2v) is 6.88. The van der Waals surface area contributed by atoms with Crippen molar-refractivity contribution >= 4 is 15.7 Å². The van der Waals surface area contributed by atoms with E-state index in [0.717, 1.165) is 11.3 Å². The average Bonchev–Trinajstić information content (AvgIpc) is 2.85. The SMILES string of the molecule is Cc1ccc(N)c(S(=O)(=O)NC(C)Cc2ccco2)c1C. The number of aryl methyl sites for hydroxylation is 1. The topological polar surface area (TPSA) is 85.3 Å². The molecule has 0 aliphatic rings. The summed E-state index contributed by atoms with van der Waals surface area (Å²) in [6.07, 6.45) is 2.05. The maximum atomic E-state index is 12.5. The molecule has 1 aromatic heterocycles. The first-order valence-electron chi connectivity index (χ1n) is 6.71. The molecular weight excluding hydrogens is 288 g/mol. The van der Waals surface area contributed by atoms with Crippen LogP contribution < -0.4 is 10.5 Å². The van der Waals surface area contributed by atoms with Gasteiger partial charge in [-0.3, -0.25) is 0 Å². The van der Waals surface area contributed by atoms with Crippen molar-refractivity contribution in [3.8, 4) is 0 Å². The summed E-state index contributed by atoms with van der Waals surface area (Å²) in [5.74, 6) is 0.735. The Bertz CT molecular complexity index is 722. The van der Waals surface area contributed by atoms with Crippen LogP contribution in [0.5, 0.6) is 0 Å². The molecule has 3 N–H and O–H groups in total. The molecule has 1 aromatic carbocycles. The Labute approximate surface area is 125 Å². The number of hydrogen-bond acceptors (Lipinski definition) is 4. The lowest BCUT2D eigenvalue weighted by atomic mass is 10.1. The van der Waals surface area contributed by atoms with E-state index in [4.69, 9.17) is 10.2 Å². The van der Waals surface area contributed by atoms with E-state index in [9.17, 15) is 8.42 Å². The normalized spacial score (nSPS) is 13.3. The molecule has 0 fully saturated rings. The highest BCUT2D eigenvalue weighted by atomic mass is 32.2. The lowest BCUT2D eigenvalue weighted by molar-refractivity contribution is 0.479. The van der Waals surface area contributed by atoms with Gasteiger partial charge in [-0.05, 0) is 50.1 Å². The number of nitrogens with one attached hydrogen (secondary N) is 1. The van der Waals surface area contributed by atoms with Crippen molar-refractivity contribution in [1.29, 1.82) is 0 Å². The van der Waals surface area contributed by atoms with Crippen LogP contribution in [0.4, 0.5) is 5.69 Å². The Hall–Kier alpha value is -1.79. The summed E-state index contributed by atoms with van der Waals surface area (Å²) in [6, 6.07) is 6.74. The fourth-order valence-corrected chi connectivity index (χ4v) is 3.94. The zero-order valence-corrected chi connectivity index (χ0v) is 13.2. The molecule has 114 valence electrons. The molecule has 0 aliphatic heterocycles. The molecule has 6 heteroatoms. The van der Waals surface area contributed by atoms with Crippen LogP contribution in [0.15, 0.2) is 39.8 Å². The molecule has 0 saturated heterocycles. The van der Waals surface area contributed by atoms with Crippen molar-refractivity contribution in [2.75, 3.05) is 5.73 Å². The Morgan fingerprint density at radius 2 is 2.00 bits per heavy atom. The first-order valence-corrected chi connectivity index (χ1v) is 8.20. The molecule has 1 unspecified atom stereocenters. The van der Waals surface area contributed by atoms with Crippen molar-refractivity contribution in [1.82, 2.24) is 4.72 Å². The minimum Gasteiger partial charge on any atom is -0.469 e. The Balaban J connectivity index is 2.25. The maximum Gasteiger partial charge on any atom is 0.243 e. The van der Waals surface area contributed by atoms with Gasteiger partial charge in [0.2, 0.25) is 10.0 Å². The Kier molecular flexibility index (Phi) is 4.39. The largest absolute Gasteiger partial charge is 0.469 e. The minimum atomic E-state index is -3.66.